The summed E-state index contributed by atoms with van der Waals surface area (Å²) in [4.78, 5) is 25.8. The van der Waals surface area contributed by atoms with Crippen molar-refractivity contribution in [3.8, 4) is 17.6 Å². The Hall–Kier alpha value is -3.63. The third kappa shape index (κ3) is 3.57. The van der Waals surface area contributed by atoms with E-state index in [1.165, 1.54) is 13.3 Å². The maximum absolute atomic E-state index is 12.9. The molecule has 0 spiro atoms. The number of hydrogen-bond donors (Lipinski definition) is 0. The SMILES string of the molecule is COc1cc(Cl)cc(C=NN2C(=O)[C@@H]3[C@H](C2=O)[C@H]2C=C[C@H]3C2)c1OCc1ccccc1C#N. The Balaban J connectivity index is 1.43. The lowest BCUT2D eigenvalue weighted by molar-refractivity contribution is -0.140. The minimum Gasteiger partial charge on any atom is -0.493 e. The van der Waals surface area contributed by atoms with E-state index in [-0.39, 0.29) is 42.1 Å². The predicted molar refractivity (Wildman–Crippen MR) is 121 cm³/mol. The third-order valence-electron chi connectivity index (χ3n) is 6.54. The zero-order valence-electron chi connectivity index (χ0n) is 17.8. The fourth-order valence-electron chi connectivity index (χ4n) is 5.02. The van der Waals surface area contributed by atoms with Gasteiger partial charge in [0, 0.05) is 22.2 Å². The van der Waals surface area contributed by atoms with Crippen LogP contribution in [0.25, 0.3) is 0 Å². The summed E-state index contributed by atoms with van der Waals surface area (Å²) in [5.74, 6) is -0.233. The molecule has 1 aliphatic heterocycles. The number of hydrazone groups is 1. The lowest BCUT2D eigenvalue weighted by Gasteiger charge is -2.15. The summed E-state index contributed by atoms with van der Waals surface area (Å²) in [6.45, 7) is 0.114. The van der Waals surface area contributed by atoms with Crippen LogP contribution in [0.4, 0.5) is 0 Å². The first-order valence-corrected chi connectivity index (χ1v) is 11.0. The topological polar surface area (TPSA) is 92.0 Å². The number of hydrogen-bond acceptors (Lipinski definition) is 6. The summed E-state index contributed by atoms with van der Waals surface area (Å²) in [5.41, 5.74) is 1.66. The molecule has 0 N–H and O–H groups in total. The lowest BCUT2D eigenvalue weighted by Crippen LogP contribution is -2.28. The van der Waals surface area contributed by atoms with Gasteiger partial charge in [-0.2, -0.15) is 15.4 Å². The number of amides is 2. The number of fused-ring (bicyclic) bond motifs is 5. The second-order valence-corrected chi connectivity index (χ2v) is 8.75. The molecule has 0 radical (unpaired) electrons. The van der Waals surface area contributed by atoms with Gasteiger partial charge in [-0.25, -0.2) is 0 Å². The van der Waals surface area contributed by atoms with E-state index in [4.69, 9.17) is 21.1 Å². The summed E-state index contributed by atoms with van der Waals surface area (Å²) < 4.78 is 11.4. The van der Waals surface area contributed by atoms with Gasteiger partial charge in [0.2, 0.25) is 0 Å². The standard InChI is InChI=1S/C25H20ClN3O4/c1-32-20-10-19(26)9-18(23(20)33-13-17-5-3-2-4-16(17)11-27)12-28-29-24(30)21-14-6-7-15(8-14)22(21)25(29)31/h2-7,9-10,12,14-15,21-22H,8,13H2,1H3/t14-,15-,21-,22+/m0/s1. The van der Waals surface area contributed by atoms with Crippen molar-refractivity contribution < 1.29 is 19.1 Å². The van der Waals surface area contributed by atoms with E-state index >= 15 is 0 Å². The predicted octanol–water partition coefficient (Wildman–Crippen LogP) is 3.94. The van der Waals surface area contributed by atoms with Crippen molar-refractivity contribution in [3.05, 3.63) is 70.3 Å². The number of imide groups is 1. The molecule has 1 saturated carbocycles. The number of rotatable bonds is 6. The van der Waals surface area contributed by atoms with E-state index in [0.717, 1.165) is 11.4 Å². The van der Waals surface area contributed by atoms with Gasteiger partial charge in [0.25, 0.3) is 11.8 Å². The first kappa shape index (κ1) is 21.2. The molecule has 3 aliphatic rings. The Labute approximate surface area is 195 Å². The number of allylic oxidation sites excluding steroid dienone is 2. The first-order valence-electron chi connectivity index (χ1n) is 10.6. The van der Waals surface area contributed by atoms with Gasteiger partial charge in [-0.15, -0.1) is 0 Å². The van der Waals surface area contributed by atoms with Crippen LogP contribution in [-0.4, -0.2) is 30.1 Å². The largest absolute Gasteiger partial charge is 0.493 e. The van der Waals surface area contributed by atoms with Crippen LogP contribution in [0.3, 0.4) is 0 Å². The lowest BCUT2D eigenvalue weighted by atomic mass is 9.85. The number of ether oxygens (including phenoxy) is 2. The molecule has 1 saturated heterocycles. The highest BCUT2D eigenvalue weighted by Crippen LogP contribution is 2.52. The number of carbonyl (C=O) groups is 2. The van der Waals surface area contributed by atoms with Crippen molar-refractivity contribution in [2.75, 3.05) is 7.11 Å². The van der Waals surface area contributed by atoms with Gasteiger partial charge in [-0.05, 0) is 30.4 Å². The molecule has 8 heteroatoms. The van der Waals surface area contributed by atoms with Crippen molar-refractivity contribution in [2.45, 2.75) is 13.0 Å². The number of carbonyl (C=O) groups excluding carboxylic acids is 2. The van der Waals surface area contributed by atoms with Crippen LogP contribution in [0.2, 0.25) is 5.02 Å². The second-order valence-electron chi connectivity index (χ2n) is 8.32. The van der Waals surface area contributed by atoms with Gasteiger partial charge in [0.15, 0.2) is 11.5 Å². The maximum Gasteiger partial charge on any atom is 0.254 e. The molecular formula is C25H20ClN3O4. The van der Waals surface area contributed by atoms with Crippen molar-refractivity contribution in [3.63, 3.8) is 0 Å². The number of nitrogens with zero attached hydrogens (tertiary/aromatic N) is 3. The Morgan fingerprint density at radius 2 is 1.88 bits per heavy atom. The number of nitriles is 1. The minimum atomic E-state index is -0.322. The Bertz CT molecular complexity index is 1220. The summed E-state index contributed by atoms with van der Waals surface area (Å²) >= 11 is 6.25. The van der Waals surface area contributed by atoms with Gasteiger partial charge in [0.1, 0.15) is 6.61 Å². The fraction of sp³-hybridized carbons (Fsp3) is 0.280. The van der Waals surface area contributed by atoms with Crippen LogP contribution in [0, 0.1) is 35.0 Å². The van der Waals surface area contributed by atoms with Gasteiger partial charge in [-0.1, -0.05) is 42.0 Å². The van der Waals surface area contributed by atoms with E-state index in [2.05, 4.69) is 11.2 Å². The Morgan fingerprint density at radius 1 is 1.18 bits per heavy atom. The van der Waals surface area contributed by atoms with Crippen LogP contribution in [0.5, 0.6) is 11.5 Å². The van der Waals surface area contributed by atoms with Crippen LogP contribution >= 0.6 is 11.6 Å². The summed E-state index contributed by atoms with van der Waals surface area (Å²) in [5, 5.41) is 14.9. The van der Waals surface area contributed by atoms with Crippen molar-refractivity contribution in [1.29, 1.82) is 5.26 Å². The first-order chi connectivity index (χ1) is 16.0. The maximum atomic E-state index is 12.9. The number of methoxy groups -OCH3 is 1. The molecule has 1 heterocycles. The zero-order valence-corrected chi connectivity index (χ0v) is 18.5. The van der Waals surface area contributed by atoms with Crippen LogP contribution in [0.15, 0.2) is 53.7 Å². The molecule has 2 aromatic rings. The fourth-order valence-corrected chi connectivity index (χ4v) is 5.23. The van der Waals surface area contributed by atoms with Gasteiger partial charge in [-0.3, -0.25) is 9.59 Å². The van der Waals surface area contributed by atoms with Gasteiger partial charge >= 0.3 is 0 Å². The molecule has 2 bridgehead atoms. The van der Waals surface area contributed by atoms with E-state index in [9.17, 15) is 14.9 Å². The van der Waals surface area contributed by atoms with E-state index in [1.807, 2.05) is 18.2 Å². The molecule has 7 nitrogen and oxygen atoms in total. The monoisotopic (exact) mass is 461 g/mol. The van der Waals surface area contributed by atoms with Crippen molar-refractivity contribution in [2.24, 2.45) is 28.8 Å². The third-order valence-corrected chi connectivity index (χ3v) is 6.76. The van der Waals surface area contributed by atoms with Crippen LogP contribution in [-0.2, 0) is 16.2 Å². The molecule has 4 atom stereocenters. The highest BCUT2D eigenvalue weighted by atomic mass is 35.5. The zero-order chi connectivity index (χ0) is 23.1. The smallest absolute Gasteiger partial charge is 0.254 e. The average molecular weight is 462 g/mol. The molecule has 33 heavy (non-hydrogen) atoms. The van der Waals surface area contributed by atoms with E-state index in [1.54, 1.807) is 30.3 Å². The highest BCUT2D eigenvalue weighted by Gasteiger charge is 2.59. The molecule has 2 fully saturated rings. The summed E-state index contributed by atoms with van der Waals surface area (Å²) in [7, 11) is 1.49. The van der Waals surface area contributed by atoms with Crippen LogP contribution < -0.4 is 9.47 Å². The quantitative estimate of drug-likeness (QED) is 0.369. The van der Waals surface area contributed by atoms with Crippen LogP contribution in [0.1, 0.15) is 23.1 Å². The minimum absolute atomic E-state index is 0.113. The second kappa shape index (κ2) is 8.38. The van der Waals surface area contributed by atoms with Gasteiger partial charge in [0.05, 0.1) is 36.8 Å². The van der Waals surface area contributed by atoms with Crippen molar-refractivity contribution in [1.82, 2.24) is 5.01 Å². The molecule has 2 aromatic carbocycles. The summed E-state index contributed by atoms with van der Waals surface area (Å²) in [6.07, 6.45) is 6.33. The molecule has 2 amide bonds. The molecule has 5 rings (SSSR count). The normalized spacial score (nSPS) is 25.1. The molecule has 166 valence electrons. The summed E-state index contributed by atoms with van der Waals surface area (Å²) in [6, 6.07) is 12.5. The average Bonchev–Trinajstić information content (AvgIpc) is 3.51. The highest BCUT2D eigenvalue weighted by molar-refractivity contribution is 6.31. The Kier molecular flexibility index (Phi) is 5.39. The number of benzene rings is 2. The molecule has 0 aromatic heterocycles. The molecule has 2 aliphatic carbocycles. The number of halogens is 1. The molecule has 0 unspecified atom stereocenters. The molecular weight excluding hydrogens is 442 g/mol. The van der Waals surface area contributed by atoms with Crippen molar-refractivity contribution >= 4 is 29.6 Å². The van der Waals surface area contributed by atoms with E-state index < -0.39 is 0 Å². The Morgan fingerprint density at radius 3 is 2.55 bits per heavy atom. The van der Waals surface area contributed by atoms with Gasteiger partial charge < -0.3 is 9.47 Å². The van der Waals surface area contributed by atoms with E-state index in [0.29, 0.717) is 33.2 Å².